The quantitative estimate of drug-likeness (QED) is 0.587. The van der Waals surface area contributed by atoms with Crippen LogP contribution in [0, 0.1) is 11.8 Å². The van der Waals surface area contributed by atoms with Crippen LogP contribution in [0.4, 0.5) is 0 Å². The SMILES string of the molecule is CCOC(=O)C1CCCCC1C(=O)Oc1c(OC)cccc1OC. The van der Waals surface area contributed by atoms with Gasteiger partial charge in [-0.25, -0.2) is 0 Å². The van der Waals surface area contributed by atoms with E-state index in [-0.39, 0.29) is 11.7 Å². The van der Waals surface area contributed by atoms with Gasteiger partial charge in [0.25, 0.3) is 0 Å². The minimum atomic E-state index is -0.507. The maximum Gasteiger partial charge on any atom is 0.315 e. The fraction of sp³-hybridized carbons (Fsp3) is 0.556. The molecule has 1 aliphatic carbocycles. The average molecular weight is 336 g/mol. The Morgan fingerprint density at radius 1 is 1.00 bits per heavy atom. The van der Waals surface area contributed by atoms with Crippen LogP contribution >= 0.6 is 0 Å². The van der Waals surface area contributed by atoms with Crippen molar-refractivity contribution in [2.24, 2.45) is 11.8 Å². The number of hydrogen-bond donors (Lipinski definition) is 0. The molecule has 1 aromatic rings. The fourth-order valence-corrected chi connectivity index (χ4v) is 3.04. The highest BCUT2D eigenvalue weighted by molar-refractivity contribution is 5.84. The molecule has 132 valence electrons. The summed E-state index contributed by atoms with van der Waals surface area (Å²) in [6.45, 7) is 2.06. The van der Waals surface area contributed by atoms with Crippen molar-refractivity contribution in [2.45, 2.75) is 32.6 Å². The van der Waals surface area contributed by atoms with Gasteiger partial charge in [0.05, 0.1) is 32.7 Å². The van der Waals surface area contributed by atoms with Gasteiger partial charge >= 0.3 is 11.9 Å². The molecule has 2 rings (SSSR count). The van der Waals surface area contributed by atoms with E-state index >= 15 is 0 Å². The van der Waals surface area contributed by atoms with E-state index in [2.05, 4.69) is 0 Å². The third-order valence-electron chi connectivity index (χ3n) is 4.24. The smallest absolute Gasteiger partial charge is 0.315 e. The number of benzene rings is 1. The third-order valence-corrected chi connectivity index (χ3v) is 4.24. The van der Waals surface area contributed by atoms with Gasteiger partial charge in [-0.3, -0.25) is 9.59 Å². The lowest BCUT2D eigenvalue weighted by atomic mass is 9.79. The molecule has 1 aromatic carbocycles. The molecule has 2 unspecified atom stereocenters. The van der Waals surface area contributed by atoms with E-state index in [9.17, 15) is 9.59 Å². The Balaban J connectivity index is 2.20. The van der Waals surface area contributed by atoms with Crippen molar-refractivity contribution in [3.8, 4) is 17.2 Å². The third kappa shape index (κ3) is 3.99. The van der Waals surface area contributed by atoms with Gasteiger partial charge in [0.2, 0.25) is 5.75 Å². The van der Waals surface area contributed by atoms with Gasteiger partial charge < -0.3 is 18.9 Å². The van der Waals surface area contributed by atoms with Gasteiger partial charge in [0.15, 0.2) is 11.5 Å². The predicted octanol–water partition coefficient (Wildman–Crippen LogP) is 2.98. The number of esters is 2. The van der Waals surface area contributed by atoms with Crippen LogP contribution in [0.1, 0.15) is 32.6 Å². The minimum absolute atomic E-state index is 0.237. The first-order valence-corrected chi connectivity index (χ1v) is 8.21. The van der Waals surface area contributed by atoms with Crippen LogP contribution in [-0.4, -0.2) is 32.8 Å². The molecule has 0 saturated heterocycles. The first kappa shape index (κ1) is 18.1. The summed E-state index contributed by atoms with van der Waals surface area (Å²) >= 11 is 0. The zero-order valence-corrected chi connectivity index (χ0v) is 14.4. The number of methoxy groups -OCH3 is 2. The highest BCUT2D eigenvalue weighted by Gasteiger charge is 2.38. The maximum atomic E-state index is 12.7. The largest absolute Gasteiger partial charge is 0.493 e. The van der Waals surface area contributed by atoms with Crippen molar-refractivity contribution in [2.75, 3.05) is 20.8 Å². The van der Waals surface area contributed by atoms with Crippen molar-refractivity contribution in [1.29, 1.82) is 0 Å². The minimum Gasteiger partial charge on any atom is -0.493 e. The van der Waals surface area contributed by atoms with Gasteiger partial charge in [-0.15, -0.1) is 0 Å². The number of carbonyl (C=O) groups excluding carboxylic acids is 2. The molecular formula is C18H24O6. The van der Waals surface area contributed by atoms with E-state index in [1.165, 1.54) is 14.2 Å². The van der Waals surface area contributed by atoms with E-state index in [1.807, 2.05) is 0 Å². The monoisotopic (exact) mass is 336 g/mol. The second-order valence-corrected chi connectivity index (χ2v) is 5.66. The molecule has 2 atom stereocenters. The summed E-state index contributed by atoms with van der Waals surface area (Å²) in [5.41, 5.74) is 0. The van der Waals surface area contributed by atoms with E-state index in [0.29, 0.717) is 30.9 Å². The molecule has 0 radical (unpaired) electrons. The molecule has 0 aromatic heterocycles. The van der Waals surface area contributed by atoms with Crippen LogP contribution < -0.4 is 14.2 Å². The van der Waals surface area contributed by atoms with Crippen LogP contribution in [0.25, 0.3) is 0 Å². The Morgan fingerprint density at radius 2 is 1.54 bits per heavy atom. The van der Waals surface area contributed by atoms with Gasteiger partial charge in [-0.05, 0) is 31.9 Å². The van der Waals surface area contributed by atoms with E-state index in [4.69, 9.17) is 18.9 Å². The van der Waals surface area contributed by atoms with Crippen LogP contribution in [0.2, 0.25) is 0 Å². The van der Waals surface area contributed by atoms with Gasteiger partial charge in [-0.1, -0.05) is 18.9 Å². The maximum absolute atomic E-state index is 12.7. The topological polar surface area (TPSA) is 71.1 Å². The van der Waals surface area contributed by atoms with Crippen molar-refractivity contribution in [3.05, 3.63) is 18.2 Å². The van der Waals surface area contributed by atoms with Crippen molar-refractivity contribution >= 4 is 11.9 Å². The van der Waals surface area contributed by atoms with Crippen LogP contribution in [0.5, 0.6) is 17.2 Å². The molecule has 24 heavy (non-hydrogen) atoms. The van der Waals surface area contributed by atoms with E-state index in [1.54, 1.807) is 25.1 Å². The second kappa shape index (κ2) is 8.57. The first-order valence-electron chi connectivity index (χ1n) is 8.21. The zero-order chi connectivity index (χ0) is 17.5. The lowest BCUT2D eigenvalue weighted by Crippen LogP contribution is -2.36. The standard InChI is InChI=1S/C18H24O6/c1-4-23-17(19)12-8-5-6-9-13(12)18(20)24-16-14(21-2)10-7-11-15(16)22-3/h7,10-13H,4-6,8-9H2,1-3H3. The molecular weight excluding hydrogens is 312 g/mol. The lowest BCUT2D eigenvalue weighted by molar-refractivity contribution is -0.158. The van der Waals surface area contributed by atoms with E-state index < -0.39 is 17.8 Å². The van der Waals surface area contributed by atoms with Crippen molar-refractivity contribution in [1.82, 2.24) is 0 Å². The Kier molecular flexibility index (Phi) is 6.46. The first-order chi connectivity index (χ1) is 11.6. The molecule has 0 aliphatic heterocycles. The molecule has 0 spiro atoms. The highest BCUT2D eigenvalue weighted by Crippen LogP contribution is 2.39. The lowest BCUT2D eigenvalue weighted by Gasteiger charge is -2.28. The number of hydrogen-bond acceptors (Lipinski definition) is 6. The number of carbonyl (C=O) groups is 2. The average Bonchev–Trinajstić information content (AvgIpc) is 2.62. The van der Waals surface area contributed by atoms with Gasteiger partial charge in [0.1, 0.15) is 0 Å². The van der Waals surface area contributed by atoms with Crippen LogP contribution in [-0.2, 0) is 14.3 Å². The summed E-state index contributed by atoms with van der Waals surface area (Å²) in [6.07, 6.45) is 3.05. The molecule has 0 amide bonds. The molecule has 1 fully saturated rings. The zero-order valence-electron chi connectivity index (χ0n) is 14.4. The summed E-state index contributed by atoms with van der Waals surface area (Å²) in [4.78, 5) is 24.8. The van der Waals surface area contributed by atoms with E-state index in [0.717, 1.165) is 12.8 Å². The molecule has 0 N–H and O–H groups in total. The summed E-state index contributed by atoms with van der Waals surface area (Å²) < 4.78 is 21.1. The normalized spacial score (nSPS) is 20.1. The predicted molar refractivity (Wildman–Crippen MR) is 87.3 cm³/mol. The summed E-state index contributed by atoms with van der Waals surface area (Å²) in [5, 5.41) is 0. The number of ether oxygens (including phenoxy) is 4. The summed E-state index contributed by atoms with van der Waals surface area (Å²) in [7, 11) is 2.99. The number of para-hydroxylation sites is 1. The Hall–Kier alpha value is -2.24. The molecule has 6 heteroatoms. The molecule has 0 bridgehead atoms. The Bertz CT molecular complexity index is 561. The summed E-state index contributed by atoms with van der Waals surface area (Å²) in [6, 6.07) is 5.13. The van der Waals surface area contributed by atoms with Crippen molar-refractivity contribution < 1.29 is 28.5 Å². The molecule has 6 nitrogen and oxygen atoms in total. The number of rotatable bonds is 6. The molecule has 1 aliphatic rings. The Labute approximate surface area is 142 Å². The second-order valence-electron chi connectivity index (χ2n) is 5.66. The van der Waals surface area contributed by atoms with Gasteiger partial charge in [-0.2, -0.15) is 0 Å². The molecule has 0 heterocycles. The highest BCUT2D eigenvalue weighted by atomic mass is 16.6. The van der Waals surface area contributed by atoms with Gasteiger partial charge in [0, 0.05) is 0 Å². The van der Waals surface area contributed by atoms with Crippen LogP contribution in [0.15, 0.2) is 18.2 Å². The fourth-order valence-electron chi connectivity index (χ4n) is 3.04. The Morgan fingerprint density at radius 3 is 2.04 bits per heavy atom. The molecule has 1 saturated carbocycles. The summed E-state index contributed by atoms with van der Waals surface area (Å²) in [5.74, 6) is -0.681. The van der Waals surface area contributed by atoms with Crippen LogP contribution in [0.3, 0.4) is 0 Å². The van der Waals surface area contributed by atoms with Crippen molar-refractivity contribution in [3.63, 3.8) is 0 Å².